The second-order valence-electron chi connectivity index (χ2n) is 6.60. The summed E-state index contributed by atoms with van der Waals surface area (Å²) in [6, 6.07) is 10.4. The number of rotatable bonds is 8. The molecule has 0 saturated carbocycles. The number of primary amides is 1. The van der Waals surface area contributed by atoms with E-state index < -0.39 is 17.9 Å². The van der Waals surface area contributed by atoms with Crippen LogP contribution in [0.3, 0.4) is 0 Å². The number of methoxy groups -OCH3 is 2. The summed E-state index contributed by atoms with van der Waals surface area (Å²) in [4.78, 5) is 42.2. The molecule has 0 aliphatic heterocycles. The number of carbonyl (C=O) groups is 3. The number of nitrogens with one attached hydrogen (secondary N) is 3. The van der Waals surface area contributed by atoms with Crippen LogP contribution in [0.2, 0.25) is 0 Å². The summed E-state index contributed by atoms with van der Waals surface area (Å²) < 4.78 is 10.4. The van der Waals surface area contributed by atoms with Gasteiger partial charge in [0.25, 0.3) is 5.91 Å². The molecule has 0 aliphatic rings. The number of carboxylic acid groups (broad SMARTS) is 1. The number of urea groups is 1. The number of benzene rings is 2. The molecule has 0 bridgehead atoms. The van der Waals surface area contributed by atoms with E-state index in [0.29, 0.717) is 23.0 Å². The number of aromatic nitrogens is 2. The Morgan fingerprint density at radius 3 is 2.31 bits per heavy atom. The lowest BCUT2D eigenvalue weighted by Crippen LogP contribution is -2.22. The molecule has 3 aromatic rings. The molecule has 3 amide bonds. The van der Waals surface area contributed by atoms with Crippen molar-refractivity contribution in [2.45, 2.75) is 6.42 Å². The fourth-order valence-electron chi connectivity index (χ4n) is 2.92. The second kappa shape index (κ2) is 9.51. The van der Waals surface area contributed by atoms with E-state index in [1.165, 1.54) is 26.4 Å². The molecular weight excluding hydrogens is 418 g/mol. The van der Waals surface area contributed by atoms with E-state index >= 15 is 0 Å². The van der Waals surface area contributed by atoms with Crippen molar-refractivity contribution in [3.05, 3.63) is 65.1 Å². The number of amides is 3. The lowest BCUT2D eigenvalue weighted by Gasteiger charge is -2.11. The molecule has 2 aromatic carbocycles. The summed E-state index contributed by atoms with van der Waals surface area (Å²) in [6.07, 6.45) is 0.263. The maximum absolute atomic E-state index is 12.4. The van der Waals surface area contributed by atoms with Gasteiger partial charge in [0.2, 0.25) is 0 Å². The van der Waals surface area contributed by atoms with Crippen LogP contribution in [0.15, 0.2) is 42.5 Å². The van der Waals surface area contributed by atoms with Crippen molar-refractivity contribution in [2.24, 2.45) is 5.73 Å². The van der Waals surface area contributed by atoms with Crippen LogP contribution in [0, 0.1) is 0 Å². The van der Waals surface area contributed by atoms with Crippen molar-refractivity contribution < 1.29 is 29.0 Å². The number of nitrogens with zero attached hydrogens (tertiary/aromatic N) is 1. The van der Waals surface area contributed by atoms with Gasteiger partial charge >= 0.3 is 12.0 Å². The lowest BCUT2D eigenvalue weighted by molar-refractivity contribution is 0.0696. The first-order valence-corrected chi connectivity index (χ1v) is 9.31. The fraction of sp³-hybridized carbons (Fsp3) is 0.143. The van der Waals surface area contributed by atoms with Crippen molar-refractivity contribution in [3.8, 4) is 11.5 Å². The van der Waals surface area contributed by atoms with E-state index in [0.717, 1.165) is 5.56 Å². The third kappa shape index (κ3) is 5.14. The maximum atomic E-state index is 12.4. The highest BCUT2D eigenvalue weighted by Crippen LogP contribution is 2.29. The van der Waals surface area contributed by atoms with Crippen LogP contribution in [0.25, 0.3) is 0 Å². The minimum atomic E-state index is -1.03. The van der Waals surface area contributed by atoms with Crippen molar-refractivity contribution in [2.75, 3.05) is 24.9 Å². The molecule has 0 radical (unpaired) electrons. The summed E-state index contributed by atoms with van der Waals surface area (Å²) in [5, 5.41) is 14.1. The number of aromatic carboxylic acids is 1. The van der Waals surface area contributed by atoms with E-state index in [9.17, 15) is 14.4 Å². The second-order valence-corrected chi connectivity index (χ2v) is 6.60. The number of nitrogens with two attached hydrogens (primary N) is 1. The molecule has 1 aromatic heterocycles. The average molecular weight is 439 g/mol. The molecular formula is C21H21N5O6. The van der Waals surface area contributed by atoms with Gasteiger partial charge in [-0.2, -0.15) is 0 Å². The predicted octanol–water partition coefficient (Wildman–Crippen LogP) is 2.46. The first-order valence-electron chi connectivity index (χ1n) is 9.31. The first-order chi connectivity index (χ1) is 15.3. The van der Waals surface area contributed by atoms with Gasteiger partial charge in [0.1, 0.15) is 11.6 Å². The number of imidazole rings is 1. The van der Waals surface area contributed by atoms with Gasteiger partial charge in [-0.3, -0.25) is 10.1 Å². The number of aromatic amines is 1. The lowest BCUT2D eigenvalue weighted by atomic mass is 10.1. The smallest absolute Gasteiger partial charge is 0.335 e. The summed E-state index contributed by atoms with van der Waals surface area (Å²) >= 11 is 0. The highest BCUT2D eigenvalue weighted by molar-refractivity contribution is 6.04. The topological polar surface area (TPSA) is 169 Å². The molecule has 0 unspecified atom stereocenters. The van der Waals surface area contributed by atoms with E-state index in [1.807, 2.05) is 0 Å². The van der Waals surface area contributed by atoms with Crippen LogP contribution in [0.1, 0.15) is 32.2 Å². The van der Waals surface area contributed by atoms with E-state index in [1.54, 1.807) is 30.3 Å². The molecule has 0 atom stereocenters. The van der Waals surface area contributed by atoms with Gasteiger partial charge in [0.15, 0.2) is 17.2 Å². The third-order valence-electron chi connectivity index (χ3n) is 4.44. The SMILES string of the molecule is COc1ccc(NC(=O)Nc2[nH]c(Cc3ccc(C(=O)O)cc3)nc2C(N)=O)cc1OC. The van der Waals surface area contributed by atoms with Crippen molar-refractivity contribution in [3.63, 3.8) is 0 Å². The van der Waals surface area contributed by atoms with Crippen molar-refractivity contribution in [1.82, 2.24) is 9.97 Å². The third-order valence-corrected chi connectivity index (χ3v) is 4.44. The van der Waals surface area contributed by atoms with E-state index in [4.69, 9.17) is 20.3 Å². The van der Waals surface area contributed by atoms with E-state index in [2.05, 4.69) is 20.6 Å². The van der Waals surface area contributed by atoms with E-state index in [-0.39, 0.29) is 23.5 Å². The standard InChI is InChI=1S/C21H21N5O6/c1-31-14-8-7-13(10-15(14)32-2)23-21(30)26-19-17(18(22)27)24-16(25-19)9-11-3-5-12(6-4-11)20(28)29/h3-8,10H,9H2,1-2H3,(H2,22,27)(H,24,25)(H,28,29)(H2,23,26,30). The molecule has 1 heterocycles. The van der Waals surface area contributed by atoms with Crippen LogP contribution in [-0.2, 0) is 6.42 Å². The zero-order valence-electron chi connectivity index (χ0n) is 17.3. The Morgan fingerprint density at radius 2 is 1.72 bits per heavy atom. The molecule has 166 valence electrons. The molecule has 11 nitrogen and oxygen atoms in total. The van der Waals surface area contributed by atoms with Gasteiger partial charge < -0.3 is 30.6 Å². The van der Waals surface area contributed by atoms with Gasteiger partial charge in [-0.05, 0) is 29.8 Å². The summed E-state index contributed by atoms with van der Waals surface area (Å²) in [7, 11) is 2.97. The normalized spacial score (nSPS) is 10.3. The highest BCUT2D eigenvalue weighted by atomic mass is 16.5. The number of carboxylic acids is 1. The number of anilines is 2. The largest absolute Gasteiger partial charge is 0.493 e. The number of H-pyrrole nitrogens is 1. The maximum Gasteiger partial charge on any atom is 0.335 e. The molecule has 0 spiro atoms. The Kier molecular flexibility index (Phi) is 6.59. The molecule has 0 fully saturated rings. The molecule has 11 heteroatoms. The Bertz CT molecular complexity index is 1160. The fourth-order valence-corrected chi connectivity index (χ4v) is 2.92. The van der Waals surface area contributed by atoms with Crippen molar-refractivity contribution >= 4 is 29.4 Å². The Morgan fingerprint density at radius 1 is 1.03 bits per heavy atom. The number of carbonyl (C=O) groups excluding carboxylic acids is 2. The molecule has 3 rings (SSSR count). The van der Waals surface area contributed by atoms with Crippen LogP contribution in [-0.4, -0.2) is 47.2 Å². The minimum absolute atomic E-state index is 0.0348. The summed E-state index contributed by atoms with van der Waals surface area (Å²) in [5.41, 5.74) is 6.58. The van der Waals surface area contributed by atoms with Gasteiger partial charge in [-0.1, -0.05) is 12.1 Å². The Balaban J connectivity index is 1.74. The van der Waals surface area contributed by atoms with Crippen LogP contribution >= 0.6 is 0 Å². The Labute approximate surface area is 182 Å². The number of hydrogen-bond acceptors (Lipinski definition) is 6. The zero-order valence-corrected chi connectivity index (χ0v) is 17.3. The highest BCUT2D eigenvalue weighted by Gasteiger charge is 2.18. The summed E-state index contributed by atoms with van der Waals surface area (Å²) in [5.74, 6) is -0.520. The van der Waals surface area contributed by atoms with Gasteiger partial charge in [0.05, 0.1) is 19.8 Å². The summed E-state index contributed by atoms with van der Waals surface area (Å²) in [6.45, 7) is 0. The first kappa shape index (κ1) is 22.2. The van der Waals surface area contributed by atoms with Crippen molar-refractivity contribution in [1.29, 1.82) is 0 Å². The van der Waals surface area contributed by atoms with Gasteiger partial charge in [0, 0.05) is 18.2 Å². The average Bonchev–Trinajstić information content (AvgIpc) is 3.16. The molecule has 0 aliphatic carbocycles. The van der Waals surface area contributed by atoms with Gasteiger partial charge in [-0.15, -0.1) is 0 Å². The van der Waals surface area contributed by atoms with Crippen LogP contribution in [0.5, 0.6) is 11.5 Å². The molecule has 32 heavy (non-hydrogen) atoms. The quantitative estimate of drug-likeness (QED) is 0.359. The minimum Gasteiger partial charge on any atom is -0.493 e. The number of hydrogen-bond donors (Lipinski definition) is 5. The van der Waals surface area contributed by atoms with Crippen LogP contribution in [0.4, 0.5) is 16.3 Å². The number of ether oxygens (including phenoxy) is 2. The molecule has 6 N–H and O–H groups in total. The van der Waals surface area contributed by atoms with Gasteiger partial charge in [-0.25, -0.2) is 14.6 Å². The predicted molar refractivity (Wildman–Crippen MR) is 116 cm³/mol. The zero-order chi connectivity index (χ0) is 23.3. The molecule has 0 saturated heterocycles. The monoisotopic (exact) mass is 439 g/mol. The van der Waals surface area contributed by atoms with Crippen LogP contribution < -0.4 is 25.8 Å². The Hall–Kier alpha value is -4.54.